The van der Waals surface area contributed by atoms with Gasteiger partial charge in [0.25, 0.3) is 0 Å². The van der Waals surface area contributed by atoms with Gasteiger partial charge in [-0.25, -0.2) is 9.97 Å². The average molecular weight is 426 g/mol. The first kappa shape index (κ1) is 19.3. The summed E-state index contributed by atoms with van der Waals surface area (Å²) in [4.78, 5) is 9.70. The zero-order chi connectivity index (χ0) is 21.2. The number of imidazole rings is 1. The quantitative estimate of drug-likeness (QED) is 0.379. The fraction of sp³-hybridized carbons (Fsp3) is 0.0769. The summed E-state index contributed by atoms with van der Waals surface area (Å²) >= 11 is 6.05. The summed E-state index contributed by atoms with van der Waals surface area (Å²) in [5.74, 6) is 0.149. The molecule has 0 atom stereocenters. The monoisotopic (exact) mass is 425 g/mol. The third kappa shape index (κ3) is 4.03. The van der Waals surface area contributed by atoms with Crippen molar-refractivity contribution in [3.8, 4) is 17.1 Å². The lowest BCUT2D eigenvalue weighted by atomic mass is 10.1. The van der Waals surface area contributed by atoms with E-state index < -0.39 is 0 Å². The molecule has 0 amide bonds. The van der Waals surface area contributed by atoms with Crippen molar-refractivity contribution in [2.24, 2.45) is 0 Å². The summed E-state index contributed by atoms with van der Waals surface area (Å²) in [7, 11) is 0. The molecule has 0 bridgehead atoms. The lowest BCUT2D eigenvalue weighted by Crippen LogP contribution is -2.01. The molecule has 0 radical (unpaired) electrons. The highest BCUT2D eigenvalue weighted by atomic mass is 35.5. The van der Waals surface area contributed by atoms with Crippen LogP contribution in [-0.4, -0.2) is 19.5 Å². The lowest BCUT2D eigenvalue weighted by Gasteiger charge is -2.08. The molecule has 0 fully saturated rings. The molecule has 0 aliphatic carbocycles. The van der Waals surface area contributed by atoms with Crippen LogP contribution in [-0.2, 0) is 12.8 Å². The minimum Gasteiger partial charge on any atom is -0.493 e. The Balaban J connectivity index is 1.64. The molecule has 5 rings (SSSR count). The molecule has 152 valence electrons. The Labute approximate surface area is 185 Å². The van der Waals surface area contributed by atoms with Gasteiger partial charge in [0.05, 0.1) is 11.4 Å². The van der Waals surface area contributed by atoms with Crippen molar-refractivity contribution in [3.63, 3.8) is 0 Å². The fourth-order valence-corrected chi connectivity index (χ4v) is 3.84. The van der Waals surface area contributed by atoms with E-state index >= 15 is 0 Å². The maximum absolute atomic E-state index is 11.0. The number of aromatic hydroxyl groups is 1. The zero-order valence-corrected chi connectivity index (χ0v) is 17.5. The van der Waals surface area contributed by atoms with Crippen LogP contribution in [0.4, 0.5) is 0 Å². The number of fused-ring (bicyclic) bond motifs is 1. The van der Waals surface area contributed by atoms with Crippen LogP contribution in [0.5, 0.6) is 5.88 Å². The molecule has 2 aromatic heterocycles. The Morgan fingerprint density at radius 3 is 2.03 bits per heavy atom. The van der Waals surface area contributed by atoms with Crippen molar-refractivity contribution in [2.45, 2.75) is 12.8 Å². The molecular weight excluding hydrogens is 406 g/mol. The Morgan fingerprint density at radius 1 is 0.710 bits per heavy atom. The fourth-order valence-electron chi connectivity index (χ4n) is 3.71. The summed E-state index contributed by atoms with van der Waals surface area (Å²) < 4.78 is 1.75. The second-order valence-electron chi connectivity index (χ2n) is 7.48. The van der Waals surface area contributed by atoms with E-state index in [9.17, 15) is 5.11 Å². The van der Waals surface area contributed by atoms with Gasteiger partial charge >= 0.3 is 0 Å². The van der Waals surface area contributed by atoms with E-state index in [4.69, 9.17) is 21.6 Å². The summed E-state index contributed by atoms with van der Waals surface area (Å²) in [6, 6.07) is 27.7. The second kappa shape index (κ2) is 8.25. The van der Waals surface area contributed by atoms with Crippen molar-refractivity contribution < 1.29 is 5.11 Å². The smallest absolute Gasteiger partial charge is 0.219 e. The Bertz CT molecular complexity index is 1330. The van der Waals surface area contributed by atoms with Crippen molar-refractivity contribution in [1.82, 2.24) is 14.4 Å². The first-order chi connectivity index (χ1) is 15.2. The van der Waals surface area contributed by atoms with Crippen molar-refractivity contribution >= 4 is 17.2 Å². The van der Waals surface area contributed by atoms with Gasteiger partial charge in [0.15, 0.2) is 5.65 Å². The van der Waals surface area contributed by atoms with Gasteiger partial charge < -0.3 is 5.11 Å². The normalized spacial score (nSPS) is 11.1. The van der Waals surface area contributed by atoms with Crippen molar-refractivity contribution in [2.75, 3.05) is 0 Å². The standard InChI is InChI=1S/C26H20ClN3O/c27-21-13-11-19(12-14-21)15-22-25-29-23(16-18-7-3-1-4-8-18)26(31)30(25)17-24(28-22)20-9-5-2-6-10-20/h1-14,17,31H,15-16H2. The zero-order valence-electron chi connectivity index (χ0n) is 16.7. The Hall–Kier alpha value is -3.63. The highest BCUT2D eigenvalue weighted by molar-refractivity contribution is 6.30. The minimum absolute atomic E-state index is 0.149. The molecule has 0 saturated carbocycles. The third-order valence-electron chi connectivity index (χ3n) is 5.29. The predicted molar refractivity (Wildman–Crippen MR) is 124 cm³/mol. The number of hydrogen-bond acceptors (Lipinski definition) is 3. The first-order valence-corrected chi connectivity index (χ1v) is 10.5. The van der Waals surface area contributed by atoms with Gasteiger partial charge in [-0.1, -0.05) is 84.4 Å². The van der Waals surface area contributed by atoms with E-state index in [0.717, 1.165) is 28.1 Å². The van der Waals surface area contributed by atoms with Crippen LogP contribution in [0, 0.1) is 0 Å². The molecule has 5 aromatic rings. The van der Waals surface area contributed by atoms with Gasteiger partial charge in [-0.15, -0.1) is 0 Å². The van der Waals surface area contributed by atoms with Crippen LogP contribution in [0.2, 0.25) is 5.02 Å². The minimum atomic E-state index is 0.149. The number of aromatic nitrogens is 3. The summed E-state index contributed by atoms with van der Waals surface area (Å²) in [6.45, 7) is 0. The highest BCUT2D eigenvalue weighted by Gasteiger charge is 2.18. The van der Waals surface area contributed by atoms with E-state index in [1.54, 1.807) is 4.40 Å². The van der Waals surface area contributed by atoms with Crippen LogP contribution in [0.25, 0.3) is 16.9 Å². The van der Waals surface area contributed by atoms with Crippen molar-refractivity contribution in [3.05, 3.63) is 119 Å². The van der Waals surface area contributed by atoms with Crippen LogP contribution in [0.15, 0.2) is 91.1 Å². The largest absolute Gasteiger partial charge is 0.493 e. The van der Waals surface area contributed by atoms with Crippen LogP contribution >= 0.6 is 11.6 Å². The molecule has 0 saturated heterocycles. The van der Waals surface area contributed by atoms with E-state index in [-0.39, 0.29) is 5.88 Å². The van der Waals surface area contributed by atoms with Gasteiger partial charge in [-0.3, -0.25) is 4.40 Å². The van der Waals surface area contributed by atoms with Gasteiger partial charge in [-0.2, -0.15) is 0 Å². The molecule has 5 heteroatoms. The summed E-state index contributed by atoms with van der Waals surface area (Å²) in [5, 5.41) is 11.7. The second-order valence-corrected chi connectivity index (χ2v) is 7.92. The molecule has 31 heavy (non-hydrogen) atoms. The van der Waals surface area contributed by atoms with Gasteiger partial charge in [0.1, 0.15) is 5.69 Å². The maximum Gasteiger partial charge on any atom is 0.219 e. The van der Waals surface area contributed by atoms with Crippen LogP contribution in [0.3, 0.4) is 0 Å². The van der Waals surface area contributed by atoms with Gasteiger partial charge in [0, 0.05) is 29.6 Å². The molecule has 0 aliphatic rings. The van der Waals surface area contributed by atoms with Crippen molar-refractivity contribution in [1.29, 1.82) is 0 Å². The van der Waals surface area contributed by atoms with Crippen LogP contribution in [0.1, 0.15) is 22.5 Å². The molecule has 4 nitrogen and oxygen atoms in total. The van der Waals surface area contributed by atoms with E-state index in [2.05, 4.69) is 0 Å². The SMILES string of the molecule is Oc1c(Cc2ccccc2)nc2c(Cc3ccc(Cl)cc3)nc(-c3ccccc3)cn12. The molecular formula is C26H20ClN3O. The highest BCUT2D eigenvalue weighted by Crippen LogP contribution is 2.28. The Morgan fingerprint density at radius 2 is 1.32 bits per heavy atom. The Kier molecular flexibility index (Phi) is 5.14. The molecule has 0 unspecified atom stereocenters. The number of halogens is 1. The first-order valence-electron chi connectivity index (χ1n) is 10.1. The number of nitrogens with zero attached hydrogens (tertiary/aromatic N) is 3. The predicted octanol–water partition coefficient (Wildman–Crippen LogP) is 5.94. The summed E-state index contributed by atoms with van der Waals surface area (Å²) in [6.07, 6.45) is 2.99. The van der Waals surface area contributed by atoms with E-state index in [1.807, 2.05) is 91.1 Å². The molecule has 0 spiro atoms. The van der Waals surface area contributed by atoms with Crippen LogP contribution < -0.4 is 0 Å². The van der Waals surface area contributed by atoms with Gasteiger partial charge in [0.2, 0.25) is 5.88 Å². The summed E-state index contributed by atoms with van der Waals surface area (Å²) in [5.41, 5.74) is 6.05. The number of benzene rings is 3. The average Bonchev–Trinajstić information content (AvgIpc) is 3.12. The molecule has 1 N–H and O–H groups in total. The lowest BCUT2D eigenvalue weighted by molar-refractivity contribution is 0.442. The maximum atomic E-state index is 11.0. The van der Waals surface area contributed by atoms with E-state index in [0.29, 0.717) is 29.2 Å². The molecule has 2 heterocycles. The molecule has 0 aliphatic heterocycles. The topological polar surface area (TPSA) is 50.4 Å². The molecule has 3 aromatic carbocycles. The number of rotatable bonds is 5. The third-order valence-corrected chi connectivity index (χ3v) is 5.54. The van der Waals surface area contributed by atoms with Gasteiger partial charge in [-0.05, 0) is 23.3 Å². The number of hydrogen-bond donors (Lipinski definition) is 1. The van der Waals surface area contributed by atoms with E-state index in [1.165, 1.54) is 0 Å².